The minimum Gasteiger partial charge on any atom is -0.481 e. The van der Waals surface area contributed by atoms with Crippen LogP contribution in [0, 0.1) is 0 Å². The maximum atomic E-state index is 11.8. The number of carbonyl (C=O) groups is 3. The quantitative estimate of drug-likeness (QED) is 0.393. The summed E-state index contributed by atoms with van der Waals surface area (Å²) >= 11 is 1.45. The van der Waals surface area contributed by atoms with Gasteiger partial charge in [0.1, 0.15) is 4.75 Å². The lowest BCUT2D eigenvalue weighted by molar-refractivity contribution is -0.137. The van der Waals surface area contributed by atoms with E-state index in [1.54, 1.807) is 0 Å². The Kier molecular flexibility index (Phi) is 3.88. The number of aliphatic carboxylic acids is 1. The zero-order valence-electron chi connectivity index (χ0n) is 10.3. The van der Waals surface area contributed by atoms with Gasteiger partial charge in [-0.3, -0.25) is 9.59 Å². The lowest BCUT2D eigenvalue weighted by atomic mass is 9.89. The highest BCUT2D eigenvalue weighted by atomic mass is 32.2. The van der Waals surface area contributed by atoms with Gasteiger partial charge in [0, 0.05) is 12.2 Å². The zero-order chi connectivity index (χ0) is 14.0. The van der Waals surface area contributed by atoms with Crippen molar-refractivity contribution in [3.8, 4) is 0 Å². The van der Waals surface area contributed by atoms with Crippen molar-refractivity contribution in [2.45, 2.75) is 42.5 Å². The average molecular weight is 287 g/mol. The van der Waals surface area contributed by atoms with Crippen LogP contribution >= 0.6 is 11.8 Å². The standard InChI is InChI=1S/C11H17N3O4S/c12-9(17)11(4-2-1-3-7(15)16)8-6(5-19-11)13-10(18)14-8/h6,8H,1-5H2,(H2,12,17)(H,15,16)(H2,13,14,18)/t6-,8-,11-/m0/s1. The van der Waals surface area contributed by atoms with Crippen LogP contribution in [0.1, 0.15) is 25.7 Å². The maximum absolute atomic E-state index is 11.8. The highest BCUT2D eigenvalue weighted by Crippen LogP contribution is 2.43. The number of nitrogens with two attached hydrogens (primary N) is 1. The fraction of sp³-hybridized carbons (Fsp3) is 0.727. The van der Waals surface area contributed by atoms with E-state index in [0.29, 0.717) is 25.0 Å². The van der Waals surface area contributed by atoms with Crippen LogP contribution in [0.15, 0.2) is 0 Å². The van der Waals surface area contributed by atoms with Gasteiger partial charge in [0.2, 0.25) is 5.91 Å². The Labute approximate surface area is 114 Å². The molecule has 8 heteroatoms. The normalized spacial score (nSPS) is 32.5. The highest BCUT2D eigenvalue weighted by molar-refractivity contribution is 8.01. The second kappa shape index (κ2) is 5.28. The third kappa shape index (κ3) is 2.63. The smallest absolute Gasteiger partial charge is 0.315 e. The predicted octanol–water partition coefficient (Wildman–Crippen LogP) is -0.348. The fourth-order valence-corrected chi connectivity index (χ4v) is 4.27. The Morgan fingerprint density at radius 2 is 2.16 bits per heavy atom. The number of carbonyl (C=O) groups excluding carboxylic acids is 2. The van der Waals surface area contributed by atoms with Crippen LogP contribution in [0.25, 0.3) is 0 Å². The highest BCUT2D eigenvalue weighted by Gasteiger charge is 2.56. The topological polar surface area (TPSA) is 122 Å². The molecule has 0 spiro atoms. The minimum absolute atomic E-state index is 0.0792. The SMILES string of the molecule is NC(=O)[C@@]1(CCCCC(=O)O)SC[C@@H]2NC(=O)N[C@@H]21. The molecule has 106 valence electrons. The van der Waals surface area contributed by atoms with E-state index < -0.39 is 16.6 Å². The minimum atomic E-state index is -0.846. The van der Waals surface area contributed by atoms with Gasteiger partial charge >= 0.3 is 12.0 Å². The second-order valence-electron chi connectivity index (χ2n) is 4.87. The Hall–Kier alpha value is -1.44. The van der Waals surface area contributed by atoms with E-state index in [4.69, 9.17) is 10.8 Å². The van der Waals surface area contributed by atoms with Gasteiger partial charge in [-0.25, -0.2) is 4.79 Å². The van der Waals surface area contributed by atoms with E-state index in [9.17, 15) is 14.4 Å². The first kappa shape index (κ1) is 14.0. The van der Waals surface area contributed by atoms with Gasteiger partial charge in [-0.15, -0.1) is 11.8 Å². The summed E-state index contributed by atoms with van der Waals surface area (Å²) in [6, 6.07) is -0.650. The van der Waals surface area contributed by atoms with Crippen molar-refractivity contribution in [2.75, 3.05) is 5.75 Å². The Bertz CT molecular complexity index is 417. The summed E-state index contributed by atoms with van der Waals surface area (Å²) in [6.07, 6.45) is 1.67. The molecule has 0 aromatic heterocycles. The summed E-state index contributed by atoms with van der Waals surface area (Å²) in [4.78, 5) is 33.6. The van der Waals surface area contributed by atoms with E-state index in [2.05, 4.69) is 10.6 Å². The summed E-state index contributed by atoms with van der Waals surface area (Å²) in [5.74, 6) is -0.643. The number of hydrogen-bond acceptors (Lipinski definition) is 4. The third-order valence-electron chi connectivity index (χ3n) is 3.63. The van der Waals surface area contributed by atoms with E-state index in [1.807, 2.05) is 0 Å². The molecule has 5 N–H and O–H groups in total. The molecular formula is C11H17N3O4S. The van der Waals surface area contributed by atoms with Gasteiger partial charge in [0.25, 0.3) is 0 Å². The number of carboxylic acid groups (broad SMARTS) is 1. The molecule has 2 saturated heterocycles. The molecule has 0 saturated carbocycles. The zero-order valence-corrected chi connectivity index (χ0v) is 11.2. The number of unbranched alkanes of at least 4 members (excludes halogenated alkanes) is 1. The number of nitrogens with one attached hydrogen (secondary N) is 2. The van der Waals surface area contributed by atoms with Gasteiger partial charge in [0.05, 0.1) is 12.1 Å². The lowest BCUT2D eigenvalue weighted by Crippen LogP contribution is -2.54. The van der Waals surface area contributed by atoms with E-state index in [0.717, 1.165) is 0 Å². The van der Waals surface area contributed by atoms with Gasteiger partial charge in [-0.2, -0.15) is 0 Å². The summed E-state index contributed by atoms with van der Waals surface area (Å²) < 4.78 is -0.817. The molecule has 2 aliphatic rings. The molecule has 0 unspecified atom stereocenters. The van der Waals surface area contributed by atoms with Crippen molar-refractivity contribution in [3.63, 3.8) is 0 Å². The van der Waals surface area contributed by atoms with Crippen LogP contribution < -0.4 is 16.4 Å². The molecule has 2 aliphatic heterocycles. The van der Waals surface area contributed by atoms with E-state index in [-0.39, 0.29) is 24.5 Å². The van der Waals surface area contributed by atoms with E-state index >= 15 is 0 Å². The molecule has 2 rings (SSSR count). The van der Waals surface area contributed by atoms with Gasteiger partial charge < -0.3 is 21.5 Å². The van der Waals surface area contributed by atoms with Crippen LogP contribution in [0.5, 0.6) is 0 Å². The first-order valence-corrected chi connectivity index (χ1v) is 7.17. The molecule has 3 atom stereocenters. The second-order valence-corrected chi connectivity index (χ2v) is 6.22. The molecule has 0 radical (unpaired) electrons. The Balaban J connectivity index is 2.00. The van der Waals surface area contributed by atoms with Crippen LogP contribution in [0.2, 0.25) is 0 Å². The average Bonchev–Trinajstić information content (AvgIpc) is 2.83. The predicted molar refractivity (Wildman–Crippen MR) is 69.7 cm³/mol. The summed E-state index contributed by atoms with van der Waals surface area (Å²) in [7, 11) is 0. The number of rotatable bonds is 6. The van der Waals surface area contributed by atoms with Crippen LogP contribution in [0.3, 0.4) is 0 Å². The molecule has 7 nitrogen and oxygen atoms in total. The summed E-state index contributed by atoms with van der Waals surface area (Å²) in [5.41, 5.74) is 5.52. The van der Waals surface area contributed by atoms with Crippen molar-refractivity contribution >= 4 is 29.7 Å². The third-order valence-corrected chi connectivity index (χ3v) is 5.33. The number of carboxylic acids is 1. The summed E-state index contributed by atoms with van der Waals surface area (Å²) in [6.45, 7) is 0. The number of thioether (sulfide) groups is 1. The molecule has 2 heterocycles. The molecule has 0 aliphatic carbocycles. The first-order valence-electron chi connectivity index (χ1n) is 6.18. The number of primary amides is 1. The van der Waals surface area contributed by atoms with Crippen LogP contribution in [-0.4, -0.2) is 45.6 Å². The van der Waals surface area contributed by atoms with Crippen molar-refractivity contribution in [1.82, 2.24) is 10.6 Å². The molecule has 0 bridgehead atoms. The number of hydrogen-bond donors (Lipinski definition) is 4. The fourth-order valence-electron chi connectivity index (χ4n) is 2.68. The molecule has 0 aromatic carbocycles. The van der Waals surface area contributed by atoms with Gasteiger partial charge in [-0.1, -0.05) is 6.42 Å². The maximum Gasteiger partial charge on any atom is 0.315 e. The van der Waals surface area contributed by atoms with E-state index in [1.165, 1.54) is 11.8 Å². The monoisotopic (exact) mass is 287 g/mol. The molecule has 2 fully saturated rings. The van der Waals surface area contributed by atoms with Crippen molar-refractivity contribution in [2.24, 2.45) is 5.73 Å². The molecule has 3 amide bonds. The van der Waals surface area contributed by atoms with Crippen LogP contribution in [0.4, 0.5) is 4.79 Å². The first-order chi connectivity index (χ1) is 8.95. The number of fused-ring (bicyclic) bond motifs is 1. The lowest BCUT2D eigenvalue weighted by Gasteiger charge is -2.30. The largest absolute Gasteiger partial charge is 0.481 e. The Morgan fingerprint density at radius 3 is 2.79 bits per heavy atom. The van der Waals surface area contributed by atoms with Crippen molar-refractivity contribution < 1.29 is 19.5 Å². The van der Waals surface area contributed by atoms with Crippen molar-refractivity contribution in [3.05, 3.63) is 0 Å². The summed E-state index contributed by atoms with van der Waals surface area (Å²) in [5, 5.41) is 14.1. The van der Waals surface area contributed by atoms with Gasteiger partial charge in [0.15, 0.2) is 0 Å². The Morgan fingerprint density at radius 1 is 1.42 bits per heavy atom. The molecular weight excluding hydrogens is 270 g/mol. The van der Waals surface area contributed by atoms with Crippen molar-refractivity contribution in [1.29, 1.82) is 0 Å². The molecule has 0 aromatic rings. The van der Waals surface area contributed by atoms with Gasteiger partial charge in [-0.05, 0) is 12.8 Å². The van der Waals surface area contributed by atoms with Crippen LogP contribution in [-0.2, 0) is 9.59 Å². The number of amides is 3. The molecule has 19 heavy (non-hydrogen) atoms. The number of urea groups is 1.